The molecule has 22 heavy (non-hydrogen) atoms. The smallest absolute Gasteiger partial charge is 0.257 e. The monoisotopic (exact) mass is 312 g/mol. The minimum absolute atomic E-state index is 0.186. The Morgan fingerprint density at radius 2 is 2.14 bits per heavy atom. The molecule has 5 heteroatoms. The molecular formula is C17H16N2O2S. The van der Waals surface area contributed by atoms with Crippen LogP contribution in [0.15, 0.2) is 42.5 Å². The van der Waals surface area contributed by atoms with Crippen molar-refractivity contribution in [2.24, 2.45) is 0 Å². The van der Waals surface area contributed by atoms with Gasteiger partial charge in [0.25, 0.3) is 5.91 Å². The summed E-state index contributed by atoms with van der Waals surface area (Å²) in [5.74, 6) is 0.471. The van der Waals surface area contributed by atoms with Gasteiger partial charge in [0.2, 0.25) is 0 Å². The number of aryl methyl sites for hydroxylation is 1. The molecule has 1 N–H and O–H groups in total. The van der Waals surface area contributed by atoms with E-state index in [4.69, 9.17) is 4.74 Å². The van der Waals surface area contributed by atoms with E-state index in [0.717, 1.165) is 16.6 Å². The minimum Gasteiger partial charge on any atom is -0.497 e. The third-order valence-corrected chi connectivity index (χ3v) is 4.35. The number of hydrogen-bond acceptors (Lipinski definition) is 4. The van der Waals surface area contributed by atoms with Crippen LogP contribution in [0.4, 0.5) is 5.13 Å². The zero-order valence-electron chi connectivity index (χ0n) is 12.4. The number of aromatic nitrogens is 1. The van der Waals surface area contributed by atoms with Crippen LogP contribution in [-0.2, 0) is 6.42 Å². The molecule has 0 aliphatic carbocycles. The highest BCUT2D eigenvalue weighted by molar-refractivity contribution is 7.22. The molecule has 1 heterocycles. The Balaban J connectivity index is 1.84. The topological polar surface area (TPSA) is 51.2 Å². The molecule has 0 saturated carbocycles. The lowest BCUT2D eigenvalue weighted by Gasteiger charge is -2.03. The summed E-state index contributed by atoms with van der Waals surface area (Å²) in [7, 11) is 1.58. The van der Waals surface area contributed by atoms with Crippen molar-refractivity contribution in [3.8, 4) is 5.75 Å². The highest BCUT2D eigenvalue weighted by atomic mass is 32.1. The molecule has 0 bridgehead atoms. The number of thiazole rings is 1. The highest BCUT2D eigenvalue weighted by Gasteiger charge is 2.11. The number of carbonyl (C=O) groups excluding carboxylic acids is 1. The second-order valence-electron chi connectivity index (χ2n) is 4.86. The molecule has 0 spiro atoms. The lowest BCUT2D eigenvalue weighted by atomic mass is 10.2. The van der Waals surface area contributed by atoms with Gasteiger partial charge in [0.15, 0.2) is 5.13 Å². The zero-order chi connectivity index (χ0) is 15.5. The average Bonchev–Trinajstić information content (AvgIpc) is 2.95. The number of anilines is 1. The first-order valence-electron chi connectivity index (χ1n) is 7.04. The second-order valence-corrected chi connectivity index (χ2v) is 5.89. The number of amides is 1. The van der Waals surface area contributed by atoms with Crippen molar-refractivity contribution in [2.75, 3.05) is 12.4 Å². The van der Waals surface area contributed by atoms with Crippen molar-refractivity contribution in [3.63, 3.8) is 0 Å². The third kappa shape index (κ3) is 2.94. The Labute approximate surface area is 132 Å². The van der Waals surface area contributed by atoms with E-state index >= 15 is 0 Å². The van der Waals surface area contributed by atoms with E-state index in [2.05, 4.69) is 29.4 Å². The zero-order valence-corrected chi connectivity index (χ0v) is 13.2. The number of hydrogen-bond donors (Lipinski definition) is 1. The normalized spacial score (nSPS) is 10.6. The maximum atomic E-state index is 12.3. The van der Waals surface area contributed by atoms with Crippen LogP contribution in [0.3, 0.4) is 0 Å². The van der Waals surface area contributed by atoms with Gasteiger partial charge in [0.05, 0.1) is 17.3 Å². The maximum Gasteiger partial charge on any atom is 0.257 e. The fourth-order valence-corrected chi connectivity index (χ4v) is 3.10. The first-order chi connectivity index (χ1) is 10.7. The Hall–Kier alpha value is -2.40. The average molecular weight is 312 g/mol. The van der Waals surface area contributed by atoms with Gasteiger partial charge in [0.1, 0.15) is 5.75 Å². The van der Waals surface area contributed by atoms with Gasteiger partial charge >= 0.3 is 0 Å². The number of ether oxygens (including phenoxy) is 1. The van der Waals surface area contributed by atoms with Gasteiger partial charge < -0.3 is 4.74 Å². The van der Waals surface area contributed by atoms with Gasteiger partial charge in [-0.3, -0.25) is 10.1 Å². The fourth-order valence-electron chi connectivity index (χ4n) is 2.18. The van der Waals surface area contributed by atoms with Gasteiger partial charge in [-0.15, -0.1) is 0 Å². The second kappa shape index (κ2) is 6.15. The summed E-state index contributed by atoms with van der Waals surface area (Å²) in [6, 6.07) is 13.2. The number of nitrogens with one attached hydrogen (secondary N) is 1. The standard InChI is InChI=1S/C17H16N2O2S/c1-3-11-7-8-14-15(9-11)22-17(18-14)19-16(20)12-5-4-6-13(10-12)21-2/h4-10H,3H2,1-2H3,(H,18,19,20). The molecule has 1 amide bonds. The first kappa shape index (κ1) is 14.5. The molecule has 0 radical (unpaired) electrons. The van der Waals surface area contributed by atoms with Gasteiger partial charge in [0, 0.05) is 5.56 Å². The summed E-state index contributed by atoms with van der Waals surface area (Å²) in [5.41, 5.74) is 2.72. The van der Waals surface area contributed by atoms with Crippen molar-refractivity contribution >= 4 is 32.6 Å². The number of methoxy groups -OCH3 is 1. The number of nitrogens with zero attached hydrogens (tertiary/aromatic N) is 1. The SMILES string of the molecule is CCc1ccc2nc(NC(=O)c3cccc(OC)c3)sc2c1. The van der Waals surface area contributed by atoms with Gasteiger partial charge in [-0.1, -0.05) is 30.4 Å². The van der Waals surface area contributed by atoms with E-state index in [1.165, 1.54) is 16.9 Å². The number of benzene rings is 2. The molecule has 112 valence electrons. The molecule has 0 atom stereocenters. The molecule has 1 aromatic heterocycles. The van der Waals surface area contributed by atoms with Crippen molar-refractivity contribution < 1.29 is 9.53 Å². The first-order valence-corrected chi connectivity index (χ1v) is 7.86. The Kier molecular flexibility index (Phi) is 4.06. The lowest BCUT2D eigenvalue weighted by molar-refractivity contribution is 0.102. The highest BCUT2D eigenvalue weighted by Crippen LogP contribution is 2.27. The molecular weight excluding hydrogens is 296 g/mol. The van der Waals surface area contributed by atoms with Crippen LogP contribution >= 0.6 is 11.3 Å². The molecule has 4 nitrogen and oxygen atoms in total. The minimum atomic E-state index is -0.186. The van der Waals surface area contributed by atoms with E-state index < -0.39 is 0 Å². The van der Waals surface area contributed by atoms with Crippen LogP contribution in [0, 0.1) is 0 Å². The summed E-state index contributed by atoms with van der Waals surface area (Å²) in [6.45, 7) is 2.12. The summed E-state index contributed by atoms with van der Waals surface area (Å²) < 4.78 is 6.22. The summed E-state index contributed by atoms with van der Waals surface area (Å²) in [4.78, 5) is 16.7. The van der Waals surface area contributed by atoms with E-state index in [1.54, 1.807) is 31.4 Å². The summed E-state index contributed by atoms with van der Waals surface area (Å²) >= 11 is 1.49. The predicted octanol–water partition coefficient (Wildman–Crippen LogP) is 4.12. The molecule has 0 aliphatic heterocycles. The molecule has 3 aromatic rings. The maximum absolute atomic E-state index is 12.3. The van der Waals surface area contributed by atoms with Crippen molar-refractivity contribution in [2.45, 2.75) is 13.3 Å². The number of carbonyl (C=O) groups is 1. The van der Waals surface area contributed by atoms with E-state index in [9.17, 15) is 4.79 Å². The Morgan fingerprint density at radius 3 is 2.91 bits per heavy atom. The Bertz CT molecular complexity index is 826. The molecule has 2 aromatic carbocycles. The largest absolute Gasteiger partial charge is 0.497 e. The molecule has 0 fully saturated rings. The van der Waals surface area contributed by atoms with Crippen LogP contribution in [-0.4, -0.2) is 18.0 Å². The molecule has 0 saturated heterocycles. The van der Waals surface area contributed by atoms with Crippen molar-refractivity contribution in [1.29, 1.82) is 0 Å². The van der Waals surface area contributed by atoms with Crippen LogP contribution < -0.4 is 10.1 Å². The van der Waals surface area contributed by atoms with Gasteiger partial charge in [-0.25, -0.2) is 4.98 Å². The third-order valence-electron chi connectivity index (χ3n) is 3.41. The summed E-state index contributed by atoms with van der Waals surface area (Å²) in [6.07, 6.45) is 0.985. The van der Waals surface area contributed by atoms with Crippen LogP contribution in [0.25, 0.3) is 10.2 Å². The Morgan fingerprint density at radius 1 is 1.27 bits per heavy atom. The van der Waals surface area contributed by atoms with Crippen molar-refractivity contribution in [1.82, 2.24) is 4.98 Å². The molecule has 0 unspecified atom stereocenters. The van der Waals surface area contributed by atoms with E-state index in [0.29, 0.717) is 16.4 Å². The molecule has 0 aliphatic rings. The molecule has 3 rings (SSSR count). The van der Waals surface area contributed by atoms with Crippen LogP contribution in [0.2, 0.25) is 0 Å². The fraction of sp³-hybridized carbons (Fsp3) is 0.176. The van der Waals surface area contributed by atoms with E-state index in [-0.39, 0.29) is 5.91 Å². The van der Waals surface area contributed by atoms with Crippen molar-refractivity contribution in [3.05, 3.63) is 53.6 Å². The van der Waals surface area contributed by atoms with E-state index in [1.807, 2.05) is 6.07 Å². The summed E-state index contributed by atoms with van der Waals surface area (Å²) in [5, 5.41) is 3.46. The number of rotatable bonds is 4. The number of fused-ring (bicyclic) bond motifs is 1. The predicted molar refractivity (Wildman–Crippen MR) is 89.9 cm³/mol. The quantitative estimate of drug-likeness (QED) is 0.788. The van der Waals surface area contributed by atoms with Gasteiger partial charge in [-0.05, 0) is 42.3 Å². The lowest BCUT2D eigenvalue weighted by Crippen LogP contribution is -2.11. The van der Waals surface area contributed by atoms with Crippen LogP contribution in [0.5, 0.6) is 5.75 Å². The van der Waals surface area contributed by atoms with Crippen LogP contribution in [0.1, 0.15) is 22.8 Å². The van der Waals surface area contributed by atoms with Gasteiger partial charge in [-0.2, -0.15) is 0 Å².